The number of hydrogen-bond donors (Lipinski definition) is 0. The molecule has 0 saturated heterocycles. The standard InChI is InChI=1S/C22H25N3O2/c1-23(2)14-15-25(16-17-10-6-4-7-11-17)20-19(18-12-8-5-9-13-18)21(26)24(3)22(20)27/h4-13H,14-16H2,1-3H3. The summed E-state index contributed by atoms with van der Waals surface area (Å²) in [5.41, 5.74) is 2.85. The molecule has 0 N–H and O–H groups in total. The van der Waals surface area contributed by atoms with E-state index in [2.05, 4.69) is 4.90 Å². The minimum Gasteiger partial charge on any atom is -0.361 e. The molecule has 1 heterocycles. The second-order valence-corrected chi connectivity index (χ2v) is 6.97. The van der Waals surface area contributed by atoms with Gasteiger partial charge in [0.15, 0.2) is 0 Å². The molecule has 2 aromatic carbocycles. The topological polar surface area (TPSA) is 43.9 Å². The Morgan fingerprint density at radius 1 is 0.815 bits per heavy atom. The third kappa shape index (κ3) is 4.09. The Bertz CT molecular complexity index is 844. The molecule has 5 nitrogen and oxygen atoms in total. The molecular formula is C22H25N3O2. The van der Waals surface area contributed by atoms with Crippen LogP contribution in [-0.4, -0.2) is 60.7 Å². The number of benzene rings is 2. The Balaban J connectivity index is 2.06. The molecule has 2 amide bonds. The predicted molar refractivity (Wildman–Crippen MR) is 107 cm³/mol. The third-order valence-electron chi connectivity index (χ3n) is 4.67. The minimum absolute atomic E-state index is 0.242. The summed E-state index contributed by atoms with van der Waals surface area (Å²) < 4.78 is 0. The first-order chi connectivity index (χ1) is 13.0. The third-order valence-corrected chi connectivity index (χ3v) is 4.67. The van der Waals surface area contributed by atoms with Crippen LogP contribution in [0.4, 0.5) is 0 Å². The van der Waals surface area contributed by atoms with Crippen molar-refractivity contribution >= 4 is 17.4 Å². The average molecular weight is 363 g/mol. The van der Waals surface area contributed by atoms with E-state index < -0.39 is 0 Å². The minimum atomic E-state index is -0.246. The van der Waals surface area contributed by atoms with Crippen LogP contribution in [0.1, 0.15) is 11.1 Å². The van der Waals surface area contributed by atoms with Gasteiger partial charge in [-0.15, -0.1) is 0 Å². The lowest BCUT2D eigenvalue weighted by molar-refractivity contribution is -0.136. The van der Waals surface area contributed by atoms with Gasteiger partial charge in [-0.25, -0.2) is 0 Å². The molecule has 140 valence electrons. The van der Waals surface area contributed by atoms with E-state index in [1.807, 2.05) is 79.7 Å². The summed E-state index contributed by atoms with van der Waals surface area (Å²) in [7, 11) is 5.55. The normalized spacial score (nSPS) is 14.4. The Hall–Kier alpha value is -2.92. The van der Waals surface area contributed by atoms with Gasteiger partial charge in [0.2, 0.25) is 0 Å². The second-order valence-electron chi connectivity index (χ2n) is 6.97. The van der Waals surface area contributed by atoms with Gasteiger partial charge in [-0.05, 0) is 25.2 Å². The largest absolute Gasteiger partial charge is 0.361 e. The van der Waals surface area contributed by atoms with Gasteiger partial charge >= 0.3 is 0 Å². The van der Waals surface area contributed by atoms with Crippen LogP contribution in [0.5, 0.6) is 0 Å². The fourth-order valence-corrected chi connectivity index (χ4v) is 3.18. The molecule has 27 heavy (non-hydrogen) atoms. The van der Waals surface area contributed by atoms with Gasteiger partial charge in [0.1, 0.15) is 5.70 Å². The van der Waals surface area contributed by atoms with Gasteiger partial charge in [-0.3, -0.25) is 14.5 Å². The highest BCUT2D eigenvalue weighted by atomic mass is 16.2. The van der Waals surface area contributed by atoms with E-state index >= 15 is 0 Å². The van der Waals surface area contributed by atoms with Gasteiger partial charge < -0.3 is 9.80 Å². The second kappa shape index (κ2) is 8.18. The van der Waals surface area contributed by atoms with Crippen LogP contribution in [-0.2, 0) is 16.1 Å². The van der Waals surface area contributed by atoms with Crippen LogP contribution in [0.3, 0.4) is 0 Å². The maximum absolute atomic E-state index is 13.0. The van der Waals surface area contributed by atoms with Crippen molar-refractivity contribution in [2.24, 2.45) is 0 Å². The Morgan fingerprint density at radius 3 is 2.00 bits per heavy atom. The highest BCUT2D eigenvalue weighted by Crippen LogP contribution is 2.31. The SMILES string of the molecule is CN(C)CCN(Cc1ccccc1)C1=C(c2ccccc2)C(=O)N(C)C1=O. The monoisotopic (exact) mass is 363 g/mol. The number of carbonyl (C=O) groups excluding carboxylic acids is 2. The van der Waals surface area contributed by atoms with E-state index in [1.165, 1.54) is 4.90 Å². The maximum Gasteiger partial charge on any atom is 0.277 e. The van der Waals surface area contributed by atoms with Crippen molar-refractivity contribution in [1.29, 1.82) is 0 Å². The summed E-state index contributed by atoms with van der Waals surface area (Å²) in [6.45, 7) is 2.01. The lowest BCUT2D eigenvalue weighted by atomic mass is 10.0. The van der Waals surface area contributed by atoms with Crippen molar-refractivity contribution in [3.63, 3.8) is 0 Å². The molecule has 0 fully saturated rings. The van der Waals surface area contributed by atoms with Crippen molar-refractivity contribution in [2.45, 2.75) is 6.54 Å². The molecule has 0 radical (unpaired) electrons. The van der Waals surface area contributed by atoms with Crippen molar-refractivity contribution in [3.05, 3.63) is 77.5 Å². The smallest absolute Gasteiger partial charge is 0.277 e. The van der Waals surface area contributed by atoms with E-state index in [9.17, 15) is 9.59 Å². The van der Waals surface area contributed by atoms with Crippen molar-refractivity contribution < 1.29 is 9.59 Å². The van der Waals surface area contributed by atoms with Gasteiger partial charge in [0.25, 0.3) is 11.8 Å². The molecule has 5 heteroatoms. The molecule has 0 bridgehead atoms. The zero-order valence-corrected chi connectivity index (χ0v) is 16.1. The number of rotatable bonds is 7. The van der Waals surface area contributed by atoms with Crippen LogP contribution >= 0.6 is 0 Å². The first-order valence-corrected chi connectivity index (χ1v) is 9.04. The Kier molecular flexibility index (Phi) is 5.72. The van der Waals surface area contributed by atoms with E-state index in [0.717, 1.165) is 17.7 Å². The summed E-state index contributed by atoms with van der Waals surface area (Å²) in [4.78, 5) is 31.1. The number of likely N-dealkylation sites (N-methyl/N-ethyl adjacent to an activating group) is 2. The zero-order valence-electron chi connectivity index (χ0n) is 16.1. The highest BCUT2D eigenvalue weighted by Gasteiger charge is 2.39. The molecule has 1 aliphatic heterocycles. The number of hydrogen-bond acceptors (Lipinski definition) is 4. The summed E-state index contributed by atoms with van der Waals surface area (Å²) in [5.74, 6) is -0.488. The predicted octanol–water partition coefficient (Wildman–Crippen LogP) is 2.46. The van der Waals surface area contributed by atoms with E-state index in [-0.39, 0.29) is 11.8 Å². The number of imide groups is 1. The quantitative estimate of drug-likeness (QED) is 0.709. The van der Waals surface area contributed by atoms with Crippen LogP contribution in [0.25, 0.3) is 5.57 Å². The molecule has 0 saturated carbocycles. The van der Waals surface area contributed by atoms with Crippen molar-refractivity contribution in [2.75, 3.05) is 34.2 Å². The number of carbonyl (C=O) groups is 2. The van der Waals surface area contributed by atoms with Gasteiger partial charge in [-0.1, -0.05) is 60.7 Å². The molecule has 0 aromatic heterocycles. The molecule has 2 aromatic rings. The molecule has 0 spiro atoms. The van der Waals surface area contributed by atoms with Crippen molar-refractivity contribution in [3.8, 4) is 0 Å². The van der Waals surface area contributed by atoms with Crippen LogP contribution in [0.15, 0.2) is 66.4 Å². The van der Waals surface area contributed by atoms with E-state index in [1.54, 1.807) is 7.05 Å². The van der Waals surface area contributed by atoms with Gasteiger partial charge in [0, 0.05) is 26.7 Å². The number of nitrogens with zero attached hydrogens (tertiary/aromatic N) is 3. The van der Waals surface area contributed by atoms with E-state index in [0.29, 0.717) is 24.4 Å². The summed E-state index contributed by atoms with van der Waals surface area (Å²) in [5, 5.41) is 0. The molecule has 0 unspecified atom stereocenters. The average Bonchev–Trinajstić information content (AvgIpc) is 2.90. The maximum atomic E-state index is 13.0. The van der Waals surface area contributed by atoms with Crippen molar-refractivity contribution in [1.82, 2.24) is 14.7 Å². The van der Waals surface area contributed by atoms with Gasteiger partial charge in [-0.2, -0.15) is 0 Å². The van der Waals surface area contributed by atoms with Crippen LogP contribution in [0, 0.1) is 0 Å². The van der Waals surface area contributed by atoms with Crippen LogP contribution < -0.4 is 0 Å². The zero-order chi connectivity index (χ0) is 19.4. The number of amides is 2. The Labute approximate surface area is 160 Å². The fourth-order valence-electron chi connectivity index (χ4n) is 3.18. The van der Waals surface area contributed by atoms with E-state index in [4.69, 9.17) is 0 Å². The Morgan fingerprint density at radius 2 is 1.41 bits per heavy atom. The first-order valence-electron chi connectivity index (χ1n) is 9.04. The van der Waals surface area contributed by atoms with Gasteiger partial charge in [0.05, 0.1) is 5.57 Å². The molecule has 1 aliphatic rings. The fraction of sp³-hybridized carbons (Fsp3) is 0.273. The molecular weight excluding hydrogens is 338 g/mol. The summed E-state index contributed by atoms with van der Waals surface area (Å²) in [6, 6.07) is 19.5. The lowest BCUT2D eigenvalue weighted by Crippen LogP contribution is -2.35. The summed E-state index contributed by atoms with van der Waals surface area (Å²) in [6.07, 6.45) is 0. The lowest BCUT2D eigenvalue weighted by Gasteiger charge is -2.27. The highest BCUT2D eigenvalue weighted by molar-refractivity contribution is 6.35. The molecule has 0 aliphatic carbocycles. The van der Waals surface area contributed by atoms with Crippen LogP contribution in [0.2, 0.25) is 0 Å². The molecule has 0 atom stereocenters. The molecule has 3 rings (SSSR count). The first kappa shape index (κ1) is 18.9. The summed E-state index contributed by atoms with van der Waals surface area (Å²) >= 11 is 0.